The molecule has 5 atom stereocenters. The van der Waals surface area contributed by atoms with E-state index in [-0.39, 0.29) is 47.1 Å². The van der Waals surface area contributed by atoms with E-state index >= 15 is 0 Å². The Kier molecular flexibility index (Phi) is 2.32. The Hall–Kier alpha value is -0.620. The number of ether oxygens (including phenoxy) is 2. The maximum Gasteiger partial charge on any atom is 0.308 e. The number of hydrogen-bond acceptors (Lipinski definition) is 5. The first-order valence-electron chi connectivity index (χ1n) is 5.97. The summed E-state index contributed by atoms with van der Waals surface area (Å²) in [6.45, 7) is 3.54. The molecule has 5 nitrogen and oxygen atoms in total. The van der Waals surface area contributed by atoms with Crippen LogP contribution in [0.1, 0.15) is 20.3 Å². The topological polar surface area (TPSA) is 69.7 Å². The third-order valence-corrected chi connectivity index (χ3v) is 6.22. The van der Waals surface area contributed by atoms with Gasteiger partial charge in [-0.2, -0.15) is 0 Å². The van der Waals surface area contributed by atoms with Gasteiger partial charge in [0.1, 0.15) is 6.10 Å². The molecule has 5 unspecified atom stereocenters. The largest absolute Gasteiger partial charge is 0.459 e. The van der Waals surface area contributed by atoms with Gasteiger partial charge in [-0.05, 0) is 6.42 Å². The second-order valence-corrected chi connectivity index (χ2v) is 7.73. The quantitative estimate of drug-likeness (QED) is 0.660. The van der Waals surface area contributed by atoms with Crippen LogP contribution in [0, 0.1) is 11.8 Å². The molecule has 6 heteroatoms. The van der Waals surface area contributed by atoms with Crippen LogP contribution >= 0.6 is 0 Å². The molecule has 0 aromatic carbocycles. The summed E-state index contributed by atoms with van der Waals surface area (Å²) in [6.07, 6.45) is -0.326. The molecule has 0 N–H and O–H groups in total. The van der Waals surface area contributed by atoms with E-state index in [0.29, 0.717) is 6.42 Å². The van der Waals surface area contributed by atoms with E-state index in [1.54, 1.807) is 13.8 Å². The summed E-state index contributed by atoms with van der Waals surface area (Å²) in [5.74, 6) is -0.504. The van der Waals surface area contributed by atoms with Crippen molar-refractivity contribution in [2.75, 3.05) is 5.75 Å². The zero-order valence-electron chi connectivity index (χ0n) is 9.83. The first-order valence-corrected chi connectivity index (χ1v) is 7.69. The fraction of sp³-hybridized carbons (Fsp3) is 0.909. The Morgan fingerprint density at radius 2 is 2.12 bits per heavy atom. The first-order chi connectivity index (χ1) is 7.90. The number of rotatable bonds is 2. The molecule has 0 aromatic rings. The summed E-state index contributed by atoms with van der Waals surface area (Å²) in [5, 5.41) is -0.355. The number of hydrogen-bond donors (Lipinski definition) is 0. The van der Waals surface area contributed by atoms with Crippen LogP contribution in [0.3, 0.4) is 0 Å². The predicted molar refractivity (Wildman–Crippen MR) is 59.1 cm³/mol. The summed E-state index contributed by atoms with van der Waals surface area (Å²) in [7, 11) is -3.04. The molecular formula is C11H16O5S. The van der Waals surface area contributed by atoms with E-state index in [1.165, 1.54) is 0 Å². The SMILES string of the molecule is CC(C)C(=O)OC1C2CC3C(O2)C1CS3(=O)=O. The van der Waals surface area contributed by atoms with Crippen LogP contribution in [-0.4, -0.2) is 43.7 Å². The Morgan fingerprint density at radius 1 is 1.41 bits per heavy atom. The molecule has 3 heterocycles. The highest BCUT2D eigenvalue weighted by Crippen LogP contribution is 2.49. The van der Waals surface area contributed by atoms with Gasteiger partial charge in [0.2, 0.25) is 0 Å². The average molecular weight is 260 g/mol. The molecule has 0 saturated carbocycles. The second kappa shape index (κ2) is 3.45. The zero-order chi connectivity index (χ0) is 12.4. The third-order valence-electron chi connectivity index (χ3n) is 3.98. The molecular weight excluding hydrogens is 244 g/mol. The summed E-state index contributed by atoms with van der Waals surface area (Å²) < 4.78 is 34.7. The Balaban J connectivity index is 1.81. The summed E-state index contributed by atoms with van der Waals surface area (Å²) >= 11 is 0. The first kappa shape index (κ1) is 11.5. The summed E-state index contributed by atoms with van der Waals surface area (Å²) in [5.41, 5.74) is 0. The highest BCUT2D eigenvalue weighted by atomic mass is 32.2. The zero-order valence-corrected chi connectivity index (χ0v) is 10.6. The van der Waals surface area contributed by atoms with Crippen LogP contribution in [0.25, 0.3) is 0 Å². The van der Waals surface area contributed by atoms with Gasteiger partial charge in [0.25, 0.3) is 0 Å². The van der Waals surface area contributed by atoms with Gasteiger partial charge in [0.05, 0.1) is 29.1 Å². The second-order valence-electron chi connectivity index (χ2n) is 5.46. The lowest BCUT2D eigenvalue weighted by Gasteiger charge is -2.24. The van der Waals surface area contributed by atoms with Crippen molar-refractivity contribution < 1.29 is 22.7 Å². The number of carbonyl (C=O) groups excluding carboxylic acids is 1. The molecule has 0 aromatic heterocycles. The van der Waals surface area contributed by atoms with Crippen molar-refractivity contribution in [1.82, 2.24) is 0 Å². The van der Waals surface area contributed by atoms with E-state index in [1.807, 2.05) is 0 Å². The van der Waals surface area contributed by atoms with Crippen molar-refractivity contribution in [3.05, 3.63) is 0 Å². The summed E-state index contributed by atoms with van der Waals surface area (Å²) in [4.78, 5) is 11.6. The van der Waals surface area contributed by atoms with Gasteiger partial charge in [0, 0.05) is 5.92 Å². The normalized spacial score (nSPS) is 45.5. The molecule has 0 spiro atoms. The molecule has 3 aliphatic heterocycles. The van der Waals surface area contributed by atoms with Gasteiger partial charge in [-0.15, -0.1) is 0 Å². The molecule has 3 rings (SSSR count). The van der Waals surface area contributed by atoms with Crippen molar-refractivity contribution in [3.63, 3.8) is 0 Å². The van der Waals surface area contributed by atoms with E-state index in [9.17, 15) is 13.2 Å². The number of esters is 1. The minimum absolute atomic E-state index is 0.106. The smallest absolute Gasteiger partial charge is 0.308 e. The lowest BCUT2D eigenvalue weighted by atomic mass is 9.88. The lowest BCUT2D eigenvalue weighted by molar-refractivity contribution is -0.156. The van der Waals surface area contributed by atoms with Crippen LogP contribution in [0.5, 0.6) is 0 Å². The Bertz CT molecular complexity index is 454. The van der Waals surface area contributed by atoms with Crippen LogP contribution < -0.4 is 0 Å². The van der Waals surface area contributed by atoms with E-state index in [0.717, 1.165) is 0 Å². The molecule has 0 aliphatic carbocycles. The standard InChI is InChI=1S/C11H16O5S/c1-5(2)11(12)16-9-6-4-17(13,14)8-3-7(9)15-10(6)8/h5-10H,3-4H2,1-2H3. The molecule has 0 radical (unpaired) electrons. The van der Waals surface area contributed by atoms with Crippen molar-refractivity contribution in [3.8, 4) is 0 Å². The van der Waals surface area contributed by atoms with Gasteiger partial charge in [0.15, 0.2) is 9.84 Å². The van der Waals surface area contributed by atoms with Crippen molar-refractivity contribution in [2.45, 2.75) is 43.8 Å². The van der Waals surface area contributed by atoms with Crippen molar-refractivity contribution in [1.29, 1.82) is 0 Å². The predicted octanol–water partition coefficient (Wildman–Crippen LogP) is 0.139. The molecule has 2 bridgehead atoms. The molecule has 0 amide bonds. The highest BCUT2D eigenvalue weighted by Gasteiger charge is 2.65. The van der Waals surface area contributed by atoms with Gasteiger partial charge in [-0.25, -0.2) is 8.42 Å². The maximum atomic E-state index is 11.8. The highest BCUT2D eigenvalue weighted by molar-refractivity contribution is 7.92. The Labute approximate surface area is 100 Å². The number of fused-ring (bicyclic) bond motifs is 1. The minimum Gasteiger partial charge on any atom is -0.459 e. The van der Waals surface area contributed by atoms with E-state index in [2.05, 4.69) is 0 Å². The molecule has 3 aliphatic rings. The van der Waals surface area contributed by atoms with E-state index in [4.69, 9.17) is 9.47 Å². The van der Waals surface area contributed by atoms with Gasteiger partial charge in [-0.1, -0.05) is 13.8 Å². The summed E-state index contributed by atoms with van der Waals surface area (Å²) in [6, 6.07) is 0. The average Bonchev–Trinajstić information content (AvgIpc) is 2.81. The van der Waals surface area contributed by atoms with Crippen molar-refractivity contribution >= 4 is 15.8 Å². The maximum absolute atomic E-state index is 11.8. The number of carbonyl (C=O) groups is 1. The van der Waals surface area contributed by atoms with Gasteiger partial charge in [-0.3, -0.25) is 4.79 Å². The number of sulfone groups is 1. The van der Waals surface area contributed by atoms with Crippen LogP contribution in [0.2, 0.25) is 0 Å². The molecule has 3 fully saturated rings. The fourth-order valence-electron chi connectivity index (χ4n) is 3.12. The Morgan fingerprint density at radius 3 is 2.76 bits per heavy atom. The fourth-order valence-corrected chi connectivity index (χ4v) is 5.45. The monoisotopic (exact) mass is 260 g/mol. The van der Waals surface area contributed by atoms with Gasteiger partial charge < -0.3 is 9.47 Å². The van der Waals surface area contributed by atoms with Gasteiger partial charge >= 0.3 is 5.97 Å². The lowest BCUT2D eigenvalue weighted by Crippen LogP contribution is -2.38. The third kappa shape index (κ3) is 1.53. The molecule has 96 valence electrons. The molecule has 3 saturated heterocycles. The van der Waals surface area contributed by atoms with Crippen molar-refractivity contribution in [2.24, 2.45) is 11.8 Å². The van der Waals surface area contributed by atoms with Crippen LogP contribution in [-0.2, 0) is 24.1 Å². The molecule has 17 heavy (non-hydrogen) atoms. The van der Waals surface area contributed by atoms with Crippen LogP contribution in [0.15, 0.2) is 0 Å². The van der Waals surface area contributed by atoms with Crippen LogP contribution in [0.4, 0.5) is 0 Å². The minimum atomic E-state index is -3.04. The van der Waals surface area contributed by atoms with E-state index < -0.39 is 9.84 Å².